The van der Waals surface area contributed by atoms with Crippen LogP contribution in [0.25, 0.3) is 0 Å². The van der Waals surface area contributed by atoms with E-state index in [1.807, 2.05) is 0 Å². The Kier molecular flexibility index (Phi) is 2.48. The van der Waals surface area contributed by atoms with Gasteiger partial charge in [0.25, 0.3) is 0 Å². The molecule has 0 aromatic carbocycles. The predicted molar refractivity (Wildman–Crippen MR) is 42.1 cm³/mol. The smallest absolute Gasteiger partial charge is 0.334 e. The highest BCUT2D eigenvalue weighted by Crippen LogP contribution is 2.18. The maximum Gasteiger partial charge on any atom is 0.334 e. The van der Waals surface area contributed by atoms with E-state index in [0.29, 0.717) is 0 Å². The normalized spacial score (nSPS) is 21.8. The molecule has 0 saturated carbocycles. The first-order valence-corrected chi connectivity index (χ1v) is 3.57. The van der Waals surface area contributed by atoms with Crippen LogP contribution in [0, 0.1) is 0 Å². The second-order valence-electron chi connectivity index (χ2n) is 2.61. The van der Waals surface area contributed by atoms with Crippen molar-refractivity contribution < 1.29 is 24.9 Å². The van der Waals surface area contributed by atoms with E-state index < -0.39 is 18.0 Å². The van der Waals surface area contributed by atoms with Gasteiger partial charge in [0.1, 0.15) is 6.10 Å². The van der Waals surface area contributed by atoms with Crippen LogP contribution in [0.4, 0.5) is 0 Å². The third-order valence-electron chi connectivity index (χ3n) is 1.74. The lowest BCUT2D eigenvalue weighted by Gasteiger charge is -2.13. The molecule has 1 aliphatic carbocycles. The summed E-state index contributed by atoms with van der Waals surface area (Å²) in [6.07, 6.45) is 0.952. The molecule has 1 rings (SSSR count). The summed E-state index contributed by atoms with van der Waals surface area (Å²) in [6, 6.07) is 0. The number of hydrogen-bond acceptors (Lipinski definition) is 3. The second-order valence-corrected chi connectivity index (χ2v) is 2.61. The van der Waals surface area contributed by atoms with Crippen molar-refractivity contribution in [3.8, 4) is 0 Å². The van der Waals surface area contributed by atoms with E-state index in [9.17, 15) is 9.59 Å². The number of carboxylic acids is 2. The largest absolute Gasteiger partial charge is 0.478 e. The van der Waals surface area contributed by atoms with Gasteiger partial charge in [0.2, 0.25) is 0 Å². The number of aliphatic hydroxyl groups is 1. The molecule has 0 aromatic rings. The number of aliphatic carboxylic acids is 2. The lowest BCUT2D eigenvalue weighted by atomic mass is 9.97. The molecule has 0 spiro atoms. The van der Waals surface area contributed by atoms with Gasteiger partial charge in [-0.2, -0.15) is 0 Å². The molecular weight excluding hydrogens is 176 g/mol. The zero-order chi connectivity index (χ0) is 10.0. The van der Waals surface area contributed by atoms with Crippen molar-refractivity contribution in [1.82, 2.24) is 0 Å². The summed E-state index contributed by atoms with van der Waals surface area (Å²) in [6.45, 7) is 0. The Morgan fingerprint density at radius 2 is 1.92 bits per heavy atom. The van der Waals surface area contributed by atoms with Gasteiger partial charge in [0.05, 0.1) is 5.57 Å². The SMILES string of the molecule is O=C(O)C1=CC(O)C(C(=O)O)=CC1. The van der Waals surface area contributed by atoms with E-state index >= 15 is 0 Å². The fourth-order valence-corrected chi connectivity index (χ4v) is 1.06. The molecule has 0 fully saturated rings. The van der Waals surface area contributed by atoms with Crippen molar-refractivity contribution >= 4 is 11.9 Å². The van der Waals surface area contributed by atoms with E-state index in [-0.39, 0.29) is 17.6 Å². The van der Waals surface area contributed by atoms with Gasteiger partial charge in [-0.15, -0.1) is 0 Å². The second kappa shape index (κ2) is 3.40. The summed E-state index contributed by atoms with van der Waals surface area (Å²) in [5.41, 5.74) is -0.164. The third kappa shape index (κ3) is 1.94. The van der Waals surface area contributed by atoms with Crippen molar-refractivity contribution in [2.24, 2.45) is 0 Å². The Balaban J connectivity index is 2.84. The van der Waals surface area contributed by atoms with Gasteiger partial charge in [-0.05, 0) is 12.5 Å². The van der Waals surface area contributed by atoms with E-state index in [0.717, 1.165) is 6.08 Å². The van der Waals surface area contributed by atoms with Gasteiger partial charge >= 0.3 is 11.9 Å². The van der Waals surface area contributed by atoms with Gasteiger partial charge in [0, 0.05) is 5.57 Å². The van der Waals surface area contributed by atoms with Crippen LogP contribution >= 0.6 is 0 Å². The first kappa shape index (κ1) is 9.47. The number of rotatable bonds is 2. The minimum absolute atomic E-state index is 0.0116. The van der Waals surface area contributed by atoms with Crippen molar-refractivity contribution in [3.05, 3.63) is 23.3 Å². The number of aliphatic hydroxyl groups excluding tert-OH is 1. The molecule has 0 amide bonds. The molecule has 0 bridgehead atoms. The highest BCUT2D eigenvalue weighted by atomic mass is 16.4. The molecule has 3 N–H and O–H groups in total. The molecule has 0 saturated heterocycles. The Hall–Kier alpha value is -1.62. The molecule has 5 heteroatoms. The van der Waals surface area contributed by atoms with E-state index in [1.165, 1.54) is 6.08 Å². The highest BCUT2D eigenvalue weighted by Gasteiger charge is 2.22. The van der Waals surface area contributed by atoms with Gasteiger partial charge < -0.3 is 15.3 Å². The van der Waals surface area contributed by atoms with E-state index in [2.05, 4.69) is 0 Å². The molecule has 0 radical (unpaired) electrons. The minimum atomic E-state index is -1.32. The predicted octanol–water partition coefficient (Wildman–Crippen LogP) is -0.227. The third-order valence-corrected chi connectivity index (χ3v) is 1.74. The summed E-state index contributed by atoms with van der Waals surface area (Å²) < 4.78 is 0. The molecule has 0 heterocycles. The van der Waals surface area contributed by atoms with Crippen LogP contribution in [-0.4, -0.2) is 33.4 Å². The van der Waals surface area contributed by atoms with Crippen LogP contribution < -0.4 is 0 Å². The summed E-state index contributed by atoms with van der Waals surface area (Å²) in [5, 5.41) is 26.2. The fraction of sp³-hybridized carbons (Fsp3) is 0.250. The summed E-state index contributed by atoms with van der Waals surface area (Å²) in [7, 11) is 0. The van der Waals surface area contributed by atoms with Crippen LogP contribution in [0.15, 0.2) is 23.3 Å². The molecule has 1 atom stereocenters. The molecule has 0 aromatic heterocycles. The lowest BCUT2D eigenvalue weighted by Crippen LogP contribution is -2.20. The van der Waals surface area contributed by atoms with Crippen molar-refractivity contribution in [1.29, 1.82) is 0 Å². The first-order chi connectivity index (χ1) is 6.02. The zero-order valence-electron chi connectivity index (χ0n) is 6.60. The van der Waals surface area contributed by atoms with Crippen molar-refractivity contribution in [3.63, 3.8) is 0 Å². The lowest BCUT2D eigenvalue weighted by molar-refractivity contribution is -0.135. The van der Waals surface area contributed by atoms with E-state index in [4.69, 9.17) is 15.3 Å². The van der Waals surface area contributed by atoms with Crippen LogP contribution in [0.2, 0.25) is 0 Å². The standard InChI is InChI=1S/C8H8O5/c9-6-3-4(7(10)11)1-2-5(6)8(12)13/h2-3,6,9H,1H2,(H,10,11)(H,12,13). The van der Waals surface area contributed by atoms with Crippen LogP contribution in [0.5, 0.6) is 0 Å². The maximum absolute atomic E-state index is 10.4. The molecule has 1 unspecified atom stereocenters. The Bertz CT molecular complexity index is 312. The quantitative estimate of drug-likeness (QED) is 0.551. The fourth-order valence-electron chi connectivity index (χ4n) is 1.06. The first-order valence-electron chi connectivity index (χ1n) is 3.57. The monoisotopic (exact) mass is 184 g/mol. The highest BCUT2D eigenvalue weighted by molar-refractivity contribution is 5.92. The molecular formula is C8H8O5. The zero-order valence-corrected chi connectivity index (χ0v) is 6.60. The van der Waals surface area contributed by atoms with Crippen molar-refractivity contribution in [2.75, 3.05) is 0 Å². The summed E-state index contributed by atoms with van der Waals surface area (Å²) >= 11 is 0. The topological polar surface area (TPSA) is 94.8 Å². The van der Waals surface area contributed by atoms with Crippen LogP contribution in [0.1, 0.15) is 6.42 Å². The minimum Gasteiger partial charge on any atom is -0.478 e. The van der Waals surface area contributed by atoms with Crippen molar-refractivity contribution in [2.45, 2.75) is 12.5 Å². The molecule has 70 valence electrons. The van der Waals surface area contributed by atoms with Gasteiger partial charge in [-0.1, -0.05) is 6.08 Å². The van der Waals surface area contributed by atoms with Gasteiger partial charge in [0.15, 0.2) is 0 Å². The van der Waals surface area contributed by atoms with Gasteiger partial charge in [-0.3, -0.25) is 0 Å². The summed E-state index contributed by atoms with van der Waals surface area (Å²) in [5.74, 6) is -2.37. The molecule has 0 aliphatic heterocycles. The van der Waals surface area contributed by atoms with E-state index in [1.54, 1.807) is 0 Å². The Morgan fingerprint density at radius 1 is 1.31 bits per heavy atom. The Morgan fingerprint density at radius 3 is 2.31 bits per heavy atom. The van der Waals surface area contributed by atoms with Crippen LogP contribution in [0.3, 0.4) is 0 Å². The van der Waals surface area contributed by atoms with Gasteiger partial charge in [-0.25, -0.2) is 9.59 Å². The molecule has 1 aliphatic rings. The van der Waals surface area contributed by atoms with Crippen LogP contribution in [-0.2, 0) is 9.59 Å². The average Bonchev–Trinajstić information content (AvgIpc) is 2.03. The number of allylic oxidation sites excluding steroid dienone is 1. The summed E-state index contributed by atoms with van der Waals surface area (Å²) in [4.78, 5) is 20.9. The average molecular weight is 184 g/mol. The maximum atomic E-state index is 10.4. The number of hydrogen-bond donors (Lipinski definition) is 3. The number of carbonyl (C=O) groups is 2. The molecule has 13 heavy (non-hydrogen) atoms. The molecule has 5 nitrogen and oxygen atoms in total. The number of carboxylic acid groups (broad SMARTS) is 2. The Labute approximate surface area is 73.6 Å².